The highest BCUT2D eigenvalue weighted by molar-refractivity contribution is 6.03. The number of hydrogen-bond donors (Lipinski definition) is 4. The minimum Gasteiger partial charge on any atom is -0.386 e. The smallest absolute Gasteiger partial charge is 0.242 e. The van der Waals surface area contributed by atoms with E-state index in [0.29, 0.717) is 0 Å². The average molecular weight is 189 g/mol. The van der Waals surface area contributed by atoms with Gasteiger partial charge in [-0.25, -0.2) is 0 Å². The van der Waals surface area contributed by atoms with Crippen LogP contribution in [0.3, 0.4) is 0 Å². The summed E-state index contributed by atoms with van der Waals surface area (Å²) in [5.41, 5.74) is 14.4. The molecule has 0 fully saturated rings. The molecule has 5 nitrogen and oxygen atoms in total. The molecule has 1 atom stereocenters. The maximum absolute atomic E-state index is 10.0. The third-order valence-electron chi connectivity index (χ3n) is 0.642. The van der Waals surface area contributed by atoms with Crippen LogP contribution in [0.1, 0.15) is 0 Å². The van der Waals surface area contributed by atoms with Gasteiger partial charge < -0.3 is 17.2 Å². The summed E-state index contributed by atoms with van der Waals surface area (Å²) < 4.78 is 0. The van der Waals surface area contributed by atoms with Crippen LogP contribution >= 0.6 is 24.8 Å². The highest BCUT2D eigenvalue weighted by Crippen LogP contribution is 1.69. The van der Waals surface area contributed by atoms with Gasteiger partial charge in [-0.2, -0.15) is 0 Å². The van der Waals surface area contributed by atoms with Gasteiger partial charge in [-0.1, -0.05) is 0 Å². The third kappa shape index (κ3) is 5.61. The first-order valence-corrected chi connectivity index (χ1v) is 1.94. The number of amidine groups is 1. The molecule has 0 saturated heterocycles. The van der Waals surface area contributed by atoms with Gasteiger partial charge in [0.1, 0.15) is 11.9 Å². The zero-order valence-electron chi connectivity index (χ0n) is 5.03. The highest BCUT2D eigenvalue weighted by atomic mass is 35.5. The second-order valence-electron chi connectivity index (χ2n) is 1.34. The lowest BCUT2D eigenvalue weighted by Crippen LogP contribution is -2.46. The minimum absolute atomic E-state index is 0. The Labute approximate surface area is 70.6 Å². The van der Waals surface area contributed by atoms with Crippen molar-refractivity contribution in [2.45, 2.75) is 6.04 Å². The molecule has 7 N–H and O–H groups in total. The Bertz CT molecular complexity index is 114. The molecule has 62 valence electrons. The zero-order valence-corrected chi connectivity index (χ0v) is 6.67. The summed E-state index contributed by atoms with van der Waals surface area (Å²) >= 11 is 0. The SMILES string of the molecule is Cl.Cl.N=C(N)C(N)C(N)=O. The summed E-state index contributed by atoms with van der Waals surface area (Å²) in [6.07, 6.45) is 0. The lowest BCUT2D eigenvalue weighted by molar-refractivity contribution is -0.117. The van der Waals surface area contributed by atoms with E-state index in [1.165, 1.54) is 0 Å². The number of nitrogens with one attached hydrogen (secondary N) is 1. The topological polar surface area (TPSA) is 119 Å². The van der Waals surface area contributed by atoms with E-state index in [0.717, 1.165) is 0 Å². The molecule has 7 heteroatoms. The Morgan fingerprint density at radius 1 is 1.30 bits per heavy atom. The Balaban J connectivity index is -0.000000245. The zero-order chi connectivity index (χ0) is 6.73. The molecule has 0 saturated carbocycles. The van der Waals surface area contributed by atoms with Crippen LogP contribution in [0.4, 0.5) is 0 Å². The van der Waals surface area contributed by atoms with Gasteiger partial charge >= 0.3 is 0 Å². The van der Waals surface area contributed by atoms with Gasteiger partial charge in [0.05, 0.1) is 0 Å². The van der Waals surface area contributed by atoms with E-state index in [-0.39, 0.29) is 24.8 Å². The molecule has 0 bridgehead atoms. The van der Waals surface area contributed by atoms with E-state index in [2.05, 4.69) is 5.73 Å². The average Bonchev–Trinajstić information content (AvgIpc) is 1.64. The first-order chi connectivity index (χ1) is 3.55. The Morgan fingerprint density at radius 3 is 1.60 bits per heavy atom. The maximum atomic E-state index is 10.0. The summed E-state index contributed by atoms with van der Waals surface area (Å²) in [6, 6.07) is -1.13. The second-order valence-corrected chi connectivity index (χ2v) is 1.34. The lowest BCUT2D eigenvalue weighted by Gasteiger charge is -2.01. The van der Waals surface area contributed by atoms with Crippen molar-refractivity contribution >= 4 is 36.6 Å². The first kappa shape index (κ1) is 16.2. The van der Waals surface area contributed by atoms with E-state index in [9.17, 15) is 4.79 Å². The van der Waals surface area contributed by atoms with E-state index >= 15 is 0 Å². The van der Waals surface area contributed by atoms with Gasteiger partial charge in [0.25, 0.3) is 0 Å². The van der Waals surface area contributed by atoms with Gasteiger partial charge in [0, 0.05) is 0 Å². The fourth-order valence-electron chi connectivity index (χ4n) is 0.153. The molecule has 0 radical (unpaired) electrons. The van der Waals surface area contributed by atoms with Gasteiger partial charge in [-0.05, 0) is 0 Å². The van der Waals surface area contributed by atoms with Gasteiger partial charge in [-0.3, -0.25) is 10.2 Å². The van der Waals surface area contributed by atoms with E-state index < -0.39 is 17.8 Å². The van der Waals surface area contributed by atoms with Crippen molar-refractivity contribution in [2.75, 3.05) is 0 Å². The van der Waals surface area contributed by atoms with Crippen molar-refractivity contribution in [3.8, 4) is 0 Å². The molecule has 0 aliphatic rings. The van der Waals surface area contributed by atoms with Crippen LogP contribution in [0.25, 0.3) is 0 Å². The molecule has 0 aliphatic carbocycles. The van der Waals surface area contributed by atoms with Crippen LogP contribution < -0.4 is 17.2 Å². The van der Waals surface area contributed by atoms with E-state index in [4.69, 9.17) is 16.9 Å². The molecule has 0 spiro atoms. The van der Waals surface area contributed by atoms with Crippen LogP contribution in [0, 0.1) is 5.41 Å². The molecule has 0 aliphatic heterocycles. The minimum atomic E-state index is -1.13. The Kier molecular flexibility index (Phi) is 10.7. The number of nitrogens with two attached hydrogens (primary N) is 3. The van der Waals surface area contributed by atoms with E-state index in [1.807, 2.05) is 0 Å². The van der Waals surface area contributed by atoms with Crippen LogP contribution in [-0.2, 0) is 4.79 Å². The number of carbonyl (C=O) groups is 1. The standard InChI is InChI=1S/C3H8N4O.2ClH/c4-1(2(5)6)3(7)8;;/h1H,4H2,(H3,5,6)(H2,7,8);2*1H. The van der Waals surface area contributed by atoms with Crippen LogP contribution in [-0.4, -0.2) is 17.8 Å². The van der Waals surface area contributed by atoms with E-state index in [1.54, 1.807) is 0 Å². The summed E-state index contributed by atoms with van der Waals surface area (Å²) in [6.45, 7) is 0. The number of rotatable bonds is 2. The van der Waals surface area contributed by atoms with Crippen molar-refractivity contribution in [2.24, 2.45) is 17.2 Å². The normalized spacial score (nSPS) is 10.1. The predicted molar refractivity (Wildman–Crippen MR) is 43.6 cm³/mol. The molecule has 0 heterocycles. The quantitative estimate of drug-likeness (QED) is 0.315. The van der Waals surface area contributed by atoms with Gasteiger partial charge in [-0.15, -0.1) is 24.8 Å². The fraction of sp³-hybridized carbons (Fsp3) is 0.333. The summed E-state index contributed by atoms with van der Waals surface area (Å²) in [7, 11) is 0. The molecular weight excluding hydrogens is 179 g/mol. The number of carbonyl (C=O) groups excluding carboxylic acids is 1. The second kappa shape index (κ2) is 6.60. The largest absolute Gasteiger partial charge is 0.386 e. The summed E-state index contributed by atoms with van der Waals surface area (Å²) in [5.74, 6) is -1.19. The van der Waals surface area contributed by atoms with Crippen molar-refractivity contribution in [3.63, 3.8) is 0 Å². The van der Waals surface area contributed by atoms with Crippen molar-refractivity contribution in [1.29, 1.82) is 5.41 Å². The molecule has 1 unspecified atom stereocenters. The van der Waals surface area contributed by atoms with Gasteiger partial charge in [0.15, 0.2) is 0 Å². The maximum Gasteiger partial charge on any atom is 0.242 e. The molecule has 0 aromatic carbocycles. The number of hydrogen-bond acceptors (Lipinski definition) is 3. The number of halogens is 2. The predicted octanol–water partition coefficient (Wildman–Crippen LogP) is -1.42. The lowest BCUT2D eigenvalue weighted by atomic mass is 10.3. The van der Waals surface area contributed by atoms with Gasteiger partial charge in [0.2, 0.25) is 5.91 Å². The highest BCUT2D eigenvalue weighted by Gasteiger charge is 2.10. The first-order valence-electron chi connectivity index (χ1n) is 1.94. The molecule has 10 heavy (non-hydrogen) atoms. The third-order valence-corrected chi connectivity index (χ3v) is 0.642. The molecule has 0 rings (SSSR count). The van der Waals surface area contributed by atoms with Crippen LogP contribution in [0.5, 0.6) is 0 Å². The molecule has 0 aromatic rings. The number of primary amides is 1. The van der Waals surface area contributed by atoms with Crippen LogP contribution in [0.15, 0.2) is 0 Å². The summed E-state index contributed by atoms with van der Waals surface area (Å²) in [4.78, 5) is 10.0. The Hall–Kier alpha value is -0.520. The molecule has 0 aromatic heterocycles. The van der Waals surface area contributed by atoms with Crippen molar-refractivity contribution in [1.82, 2.24) is 0 Å². The Morgan fingerprint density at radius 2 is 1.60 bits per heavy atom. The van der Waals surface area contributed by atoms with Crippen molar-refractivity contribution < 1.29 is 4.79 Å². The molecule has 1 amide bonds. The summed E-state index contributed by atoms with van der Waals surface area (Å²) in [5, 5.41) is 6.58. The molecular formula is C3H10Cl2N4O. The van der Waals surface area contributed by atoms with Crippen molar-refractivity contribution in [3.05, 3.63) is 0 Å². The fourth-order valence-corrected chi connectivity index (χ4v) is 0.153. The van der Waals surface area contributed by atoms with Crippen LogP contribution in [0.2, 0.25) is 0 Å². The number of amides is 1. The monoisotopic (exact) mass is 188 g/mol.